The Balaban J connectivity index is 2.22. The second-order valence-electron chi connectivity index (χ2n) is 4.99. The fourth-order valence-corrected chi connectivity index (χ4v) is 2.33. The highest BCUT2D eigenvalue weighted by atomic mass is 32.2. The summed E-state index contributed by atoms with van der Waals surface area (Å²) in [5.74, 6) is 0.500. The zero-order valence-corrected chi connectivity index (χ0v) is 11.6. The van der Waals surface area contributed by atoms with Gasteiger partial charge in [0.15, 0.2) is 0 Å². The van der Waals surface area contributed by atoms with E-state index in [2.05, 4.69) is 5.32 Å². The number of amides is 2. The van der Waals surface area contributed by atoms with Crippen LogP contribution in [0.5, 0.6) is 0 Å². The number of hydrogen-bond donors (Lipinski definition) is 1. The number of rotatable bonds is 3. The second-order valence-corrected chi connectivity index (χ2v) is 7.32. The molecule has 1 atom stereocenters. The van der Waals surface area contributed by atoms with Crippen molar-refractivity contribution in [1.29, 1.82) is 0 Å². The molecular weight excluding hydrogens is 240 g/mol. The molecule has 0 bridgehead atoms. The van der Waals surface area contributed by atoms with Gasteiger partial charge in [-0.2, -0.15) is 0 Å². The van der Waals surface area contributed by atoms with E-state index in [4.69, 9.17) is 4.74 Å². The maximum atomic E-state index is 11.7. The first-order valence-corrected chi connectivity index (χ1v) is 7.22. The Morgan fingerprint density at radius 1 is 1.35 bits per heavy atom. The largest absolute Gasteiger partial charge is 0.378 e. The van der Waals surface area contributed by atoms with Gasteiger partial charge < -0.3 is 15.0 Å². The van der Waals surface area contributed by atoms with E-state index in [1.807, 2.05) is 20.8 Å². The monoisotopic (exact) mass is 262 g/mol. The zero-order valence-electron chi connectivity index (χ0n) is 10.8. The summed E-state index contributed by atoms with van der Waals surface area (Å²) in [6.07, 6.45) is 0. The lowest BCUT2D eigenvalue weighted by atomic mass is 10.3. The average molecular weight is 262 g/mol. The molecule has 0 saturated carbocycles. The average Bonchev–Trinajstić information content (AvgIpc) is 2.28. The van der Waals surface area contributed by atoms with Crippen LogP contribution in [0.4, 0.5) is 4.79 Å². The number of urea groups is 1. The second kappa shape index (κ2) is 6.35. The quantitative estimate of drug-likeness (QED) is 0.809. The van der Waals surface area contributed by atoms with Crippen LogP contribution in [0.2, 0.25) is 0 Å². The van der Waals surface area contributed by atoms with Crippen LogP contribution in [-0.2, 0) is 15.5 Å². The van der Waals surface area contributed by atoms with Gasteiger partial charge >= 0.3 is 6.03 Å². The van der Waals surface area contributed by atoms with Gasteiger partial charge in [-0.1, -0.05) is 0 Å². The molecule has 1 heterocycles. The summed E-state index contributed by atoms with van der Waals surface area (Å²) in [6, 6.07) is -0.0841. The van der Waals surface area contributed by atoms with Gasteiger partial charge in [0, 0.05) is 40.9 Å². The summed E-state index contributed by atoms with van der Waals surface area (Å²) in [4.78, 5) is 13.4. The van der Waals surface area contributed by atoms with Crippen molar-refractivity contribution >= 4 is 16.8 Å². The van der Waals surface area contributed by atoms with Crippen molar-refractivity contribution in [3.63, 3.8) is 0 Å². The number of nitrogens with one attached hydrogen (secondary N) is 1. The summed E-state index contributed by atoms with van der Waals surface area (Å²) in [7, 11) is -0.917. The molecule has 1 rings (SSSR count). The number of carbonyl (C=O) groups excluding carboxylic acids is 1. The van der Waals surface area contributed by atoms with E-state index in [0.717, 1.165) is 0 Å². The highest BCUT2D eigenvalue weighted by Crippen LogP contribution is 2.10. The maximum absolute atomic E-state index is 11.7. The van der Waals surface area contributed by atoms with Crippen LogP contribution in [0.15, 0.2) is 0 Å². The topological polar surface area (TPSA) is 58.6 Å². The molecule has 100 valence electrons. The molecule has 5 nitrogen and oxygen atoms in total. The number of carbonyl (C=O) groups is 1. The molecule has 0 aromatic rings. The Kier molecular flexibility index (Phi) is 5.39. The highest BCUT2D eigenvalue weighted by Gasteiger charge is 2.20. The first-order chi connectivity index (χ1) is 7.91. The number of nitrogens with zero attached hydrogens (tertiary/aromatic N) is 1. The van der Waals surface area contributed by atoms with E-state index in [1.165, 1.54) is 0 Å². The van der Waals surface area contributed by atoms with Crippen LogP contribution in [0.25, 0.3) is 0 Å². The lowest BCUT2D eigenvalue weighted by Crippen LogP contribution is -2.47. The Labute approximate surface area is 105 Å². The van der Waals surface area contributed by atoms with Gasteiger partial charge in [0.25, 0.3) is 0 Å². The molecule has 0 aliphatic carbocycles. The van der Waals surface area contributed by atoms with Crippen LogP contribution >= 0.6 is 0 Å². The number of ether oxygens (including phenoxy) is 1. The first-order valence-electron chi connectivity index (χ1n) is 5.90. The Morgan fingerprint density at radius 3 is 2.47 bits per heavy atom. The third-order valence-corrected chi connectivity index (χ3v) is 4.49. The van der Waals surface area contributed by atoms with Gasteiger partial charge in [0.2, 0.25) is 0 Å². The lowest BCUT2D eigenvalue weighted by molar-refractivity contribution is 0.0533. The van der Waals surface area contributed by atoms with Crippen molar-refractivity contribution in [2.24, 2.45) is 0 Å². The standard InChI is InChI=1S/C11H22N2O3S/c1-11(2,3)17(15)9-4-12-10(14)13-5-7-16-8-6-13/h4-9H2,1-3H3,(H,12,14). The Bertz CT molecular complexity index is 283. The molecule has 0 aromatic carbocycles. The van der Waals surface area contributed by atoms with Crippen LogP contribution in [0.1, 0.15) is 20.8 Å². The summed E-state index contributed by atoms with van der Waals surface area (Å²) in [5.41, 5.74) is 0. The highest BCUT2D eigenvalue weighted by molar-refractivity contribution is 7.86. The van der Waals surface area contributed by atoms with Crippen molar-refractivity contribution in [3.05, 3.63) is 0 Å². The molecule has 0 aromatic heterocycles. The SMILES string of the molecule is CC(C)(C)S(=O)CCNC(=O)N1CCOCC1. The van der Waals surface area contributed by atoms with E-state index >= 15 is 0 Å². The smallest absolute Gasteiger partial charge is 0.317 e. The first kappa shape index (κ1) is 14.4. The molecule has 1 unspecified atom stereocenters. The van der Waals surface area contributed by atoms with Crippen LogP contribution in [0, 0.1) is 0 Å². The minimum atomic E-state index is -0.917. The summed E-state index contributed by atoms with van der Waals surface area (Å²) < 4.78 is 16.7. The minimum Gasteiger partial charge on any atom is -0.378 e. The van der Waals surface area contributed by atoms with Crippen LogP contribution in [0.3, 0.4) is 0 Å². The van der Waals surface area contributed by atoms with Crippen molar-refractivity contribution in [1.82, 2.24) is 10.2 Å². The third-order valence-electron chi connectivity index (χ3n) is 2.54. The van der Waals surface area contributed by atoms with E-state index in [-0.39, 0.29) is 10.8 Å². The van der Waals surface area contributed by atoms with E-state index < -0.39 is 10.8 Å². The molecule has 0 radical (unpaired) electrons. The molecule has 17 heavy (non-hydrogen) atoms. The van der Waals surface area contributed by atoms with E-state index in [9.17, 15) is 9.00 Å². The van der Waals surface area contributed by atoms with Gasteiger partial charge in [-0.3, -0.25) is 4.21 Å². The molecule has 2 amide bonds. The third kappa shape index (κ3) is 5.04. The molecule has 1 aliphatic heterocycles. The lowest BCUT2D eigenvalue weighted by Gasteiger charge is -2.27. The van der Waals surface area contributed by atoms with Gasteiger partial charge in [0.05, 0.1) is 13.2 Å². The number of hydrogen-bond acceptors (Lipinski definition) is 3. The van der Waals surface area contributed by atoms with Crippen molar-refractivity contribution < 1.29 is 13.7 Å². The predicted octanol–water partition coefficient (Wildman–Crippen LogP) is 0.575. The van der Waals surface area contributed by atoms with Gasteiger partial charge in [-0.25, -0.2) is 4.79 Å². The number of morpholine rings is 1. The van der Waals surface area contributed by atoms with Gasteiger partial charge in [-0.05, 0) is 20.8 Å². The van der Waals surface area contributed by atoms with Gasteiger partial charge in [0.1, 0.15) is 0 Å². The van der Waals surface area contributed by atoms with Crippen LogP contribution in [-0.4, -0.2) is 58.5 Å². The Hall–Kier alpha value is -0.620. The zero-order chi connectivity index (χ0) is 12.9. The molecule has 1 aliphatic rings. The van der Waals surface area contributed by atoms with Crippen molar-refractivity contribution in [2.45, 2.75) is 25.5 Å². The summed E-state index contributed by atoms with van der Waals surface area (Å²) in [6.45, 7) is 8.73. The van der Waals surface area contributed by atoms with E-state index in [0.29, 0.717) is 38.6 Å². The molecule has 1 saturated heterocycles. The predicted molar refractivity (Wildman–Crippen MR) is 68.6 cm³/mol. The molecule has 0 spiro atoms. The van der Waals surface area contributed by atoms with Crippen LogP contribution < -0.4 is 5.32 Å². The van der Waals surface area contributed by atoms with Gasteiger partial charge in [-0.15, -0.1) is 0 Å². The fraction of sp³-hybridized carbons (Fsp3) is 0.909. The van der Waals surface area contributed by atoms with Crippen molar-refractivity contribution in [2.75, 3.05) is 38.6 Å². The minimum absolute atomic E-state index is 0.0841. The molecule has 1 fully saturated rings. The van der Waals surface area contributed by atoms with E-state index in [1.54, 1.807) is 4.90 Å². The molecule has 1 N–H and O–H groups in total. The summed E-state index contributed by atoms with van der Waals surface area (Å²) >= 11 is 0. The maximum Gasteiger partial charge on any atom is 0.317 e. The van der Waals surface area contributed by atoms with Crippen molar-refractivity contribution in [3.8, 4) is 0 Å². The normalized spacial score (nSPS) is 18.9. The molecular formula is C11H22N2O3S. The Morgan fingerprint density at radius 2 is 1.94 bits per heavy atom. The summed E-state index contributed by atoms with van der Waals surface area (Å²) in [5, 5.41) is 2.79. The molecule has 6 heteroatoms. The fourth-order valence-electron chi connectivity index (χ4n) is 1.44.